The summed E-state index contributed by atoms with van der Waals surface area (Å²) in [6, 6.07) is 10.1. The lowest BCUT2D eigenvalue weighted by Gasteiger charge is -2.11. The molecule has 0 bridgehead atoms. The number of carbonyl (C=O) groups excluding carboxylic acids is 1. The highest BCUT2D eigenvalue weighted by molar-refractivity contribution is 7.86. The minimum absolute atomic E-state index is 0.226. The number of hydrogen-bond acceptors (Lipinski definition) is 8. The number of aryl methyl sites for hydroxylation is 1. The van der Waals surface area contributed by atoms with Gasteiger partial charge in [0.25, 0.3) is 26.1 Å². The number of hydrazone groups is 1. The molecule has 2 aromatic carbocycles. The number of aromatic nitrogens is 2. The van der Waals surface area contributed by atoms with E-state index in [9.17, 15) is 26.7 Å². The molecule has 3 N–H and O–H groups in total. The molecule has 12 nitrogen and oxygen atoms in total. The molecule has 37 heavy (non-hydrogen) atoms. The van der Waals surface area contributed by atoms with Gasteiger partial charge in [0.05, 0.1) is 43.7 Å². The van der Waals surface area contributed by atoms with E-state index in [0.717, 1.165) is 17.1 Å². The Labute approximate surface area is 212 Å². The zero-order valence-corrected chi connectivity index (χ0v) is 21.0. The quantitative estimate of drug-likeness (QED) is 0.311. The van der Waals surface area contributed by atoms with Gasteiger partial charge in [0.15, 0.2) is 0 Å². The van der Waals surface area contributed by atoms with Crippen LogP contribution in [0, 0.1) is 6.92 Å². The maximum atomic E-state index is 12.9. The van der Waals surface area contributed by atoms with Gasteiger partial charge in [-0.05, 0) is 74.5 Å². The second-order valence-corrected chi connectivity index (χ2v) is 10.8. The van der Waals surface area contributed by atoms with E-state index in [2.05, 4.69) is 10.2 Å². The molecule has 1 aliphatic rings. The van der Waals surface area contributed by atoms with Gasteiger partial charge in [-0.15, -0.1) is 0 Å². The average Bonchev–Trinajstić information content (AvgIpc) is 3.28. The Morgan fingerprint density at radius 3 is 1.86 bits per heavy atom. The Balaban J connectivity index is 1.56. The molecule has 1 amide bonds. The normalized spacial score (nSPS) is 15.7. The van der Waals surface area contributed by atoms with Crippen molar-refractivity contribution in [1.82, 2.24) is 9.78 Å². The van der Waals surface area contributed by atoms with E-state index in [0.29, 0.717) is 28.3 Å². The molecular weight excluding hydrogens is 524 g/mol. The van der Waals surface area contributed by atoms with Crippen LogP contribution in [0.4, 0.5) is 5.69 Å². The number of nitrogens with zero attached hydrogens (tertiary/aromatic N) is 4. The van der Waals surface area contributed by atoms with Crippen molar-refractivity contribution in [2.45, 2.75) is 23.6 Å². The molecule has 0 atom stereocenters. The first-order valence-electron chi connectivity index (χ1n) is 10.5. The van der Waals surface area contributed by atoms with Gasteiger partial charge in [-0.25, -0.2) is 4.68 Å². The Morgan fingerprint density at radius 2 is 1.35 bits per heavy atom. The summed E-state index contributed by atoms with van der Waals surface area (Å²) in [6.07, 6.45) is 4.58. The number of allylic oxidation sites excluding steroid dienone is 2. The topological polar surface area (TPSA) is 179 Å². The SMILES string of the molecule is CC1=NN(c2ccc(S(=O)(=O)O)cc2)C(=O)/C1=C\C=C\c1c(C)nn(-c2ccc(S(=O)(=O)O)cc2)c1O. The average molecular weight is 545 g/mol. The number of hydrogen-bond donors (Lipinski definition) is 3. The van der Waals surface area contributed by atoms with Crippen molar-refractivity contribution in [3.63, 3.8) is 0 Å². The van der Waals surface area contributed by atoms with Gasteiger partial charge in [-0.1, -0.05) is 6.08 Å². The van der Waals surface area contributed by atoms with Crippen LogP contribution in [-0.2, 0) is 25.0 Å². The van der Waals surface area contributed by atoms with Crippen LogP contribution in [0.3, 0.4) is 0 Å². The van der Waals surface area contributed by atoms with Gasteiger partial charge in [0.1, 0.15) is 0 Å². The predicted octanol–water partition coefficient (Wildman–Crippen LogP) is 2.74. The van der Waals surface area contributed by atoms with Crippen molar-refractivity contribution in [3.8, 4) is 11.6 Å². The van der Waals surface area contributed by atoms with E-state index >= 15 is 0 Å². The zero-order valence-electron chi connectivity index (χ0n) is 19.3. The van der Waals surface area contributed by atoms with Crippen LogP contribution in [0.15, 0.2) is 81.1 Å². The summed E-state index contributed by atoms with van der Waals surface area (Å²) in [7, 11) is -8.73. The van der Waals surface area contributed by atoms with Gasteiger partial charge >= 0.3 is 0 Å². The summed E-state index contributed by atoms with van der Waals surface area (Å²) >= 11 is 0. The second kappa shape index (κ2) is 9.40. The Morgan fingerprint density at radius 1 is 0.838 bits per heavy atom. The van der Waals surface area contributed by atoms with Crippen LogP contribution in [0.25, 0.3) is 11.8 Å². The number of aromatic hydroxyl groups is 1. The van der Waals surface area contributed by atoms with Crippen molar-refractivity contribution < 1.29 is 35.8 Å². The Hall–Kier alpha value is -4.11. The third-order valence-corrected chi connectivity index (χ3v) is 7.16. The van der Waals surface area contributed by atoms with Gasteiger partial charge in [-0.3, -0.25) is 13.9 Å². The molecule has 0 unspecified atom stereocenters. The summed E-state index contributed by atoms with van der Waals surface area (Å²) in [4.78, 5) is 12.3. The molecule has 4 rings (SSSR count). The molecule has 0 spiro atoms. The van der Waals surface area contributed by atoms with E-state index in [4.69, 9.17) is 9.11 Å². The van der Waals surface area contributed by atoms with Crippen molar-refractivity contribution in [2.24, 2.45) is 5.10 Å². The fourth-order valence-electron chi connectivity index (χ4n) is 3.55. The fraction of sp³-hybridized carbons (Fsp3) is 0.0870. The maximum absolute atomic E-state index is 12.9. The van der Waals surface area contributed by atoms with Crippen LogP contribution in [-0.4, -0.2) is 52.4 Å². The minimum Gasteiger partial charge on any atom is -0.493 e. The minimum atomic E-state index is -4.37. The monoisotopic (exact) mass is 544 g/mol. The smallest absolute Gasteiger partial charge is 0.294 e. The van der Waals surface area contributed by atoms with E-state index < -0.39 is 26.1 Å². The first-order chi connectivity index (χ1) is 17.3. The van der Waals surface area contributed by atoms with Gasteiger partial charge < -0.3 is 5.11 Å². The molecule has 2 heterocycles. The molecule has 0 saturated carbocycles. The zero-order chi connectivity index (χ0) is 27.1. The van der Waals surface area contributed by atoms with Gasteiger partial charge in [0.2, 0.25) is 5.88 Å². The Bertz CT molecular complexity index is 1700. The van der Waals surface area contributed by atoms with Crippen LogP contribution in [0.2, 0.25) is 0 Å². The molecule has 0 saturated heterocycles. The lowest BCUT2D eigenvalue weighted by molar-refractivity contribution is -0.114. The standard InChI is InChI=1S/C23H20N4O8S2/c1-14-20(22(28)26(24-14)16-6-10-18(11-7-16)36(30,31)32)4-3-5-21-15(2)25-27(23(21)29)17-8-12-19(13-9-17)37(33,34)35/h3-13,28H,1-2H3,(H,30,31,32)(H,33,34,35)/b4-3+,21-5-. The maximum Gasteiger partial charge on any atom is 0.294 e. The number of carbonyl (C=O) groups is 1. The summed E-state index contributed by atoms with van der Waals surface area (Å²) in [5, 5.41) is 20.2. The summed E-state index contributed by atoms with van der Waals surface area (Å²) in [5.74, 6) is -0.687. The van der Waals surface area contributed by atoms with Crippen molar-refractivity contribution in [1.29, 1.82) is 0 Å². The van der Waals surface area contributed by atoms with E-state index in [1.807, 2.05) is 0 Å². The summed E-state index contributed by atoms with van der Waals surface area (Å²) in [5.41, 5.74) is 2.14. The molecule has 3 aromatic rings. The van der Waals surface area contributed by atoms with Gasteiger partial charge in [0, 0.05) is 0 Å². The number of benzene rings is 2. The number of anilines is 1. The molecule has 14 heteroatoms. The first-order valence-corrected chi connectivity index (χ1v) is 13.4. The molecule has 0 radical (unpaired) electrons. The van der Waals surface area contributed by atoms with Crippen molar-refractivity contribution in [2.75, 3.05) is 5.01 Å². The lowest BCUT2D eigenvalue weighted by Crippen LogP contribution is -2.21. The van der Waals surface area contributed by atoms with E-state index in [-0.39, 0.29) is 21.2 Å². The van der Waals surface area contributed by atoms with Crippen LogP contribution < -0.4 is 5.01 Å². The van der Waals surface area contributed by atoms with Crippen LogP contribution in [0.5, 0.6) is 5.88 Å². The second-order valence-electron chi connectivity index (χ2n) is 7.91. The fourth-order valence-corrected chi connectivity index (χ4v) is 4.51. The molecule has 192 valence electrons. The number of amides is 1. The third kappa shape index (κ3) is 5.22. The van der Waals surface area contributed by atoms with Crippen molar-refractivity contribution >= 4 is 43.6 Å². The molecule has 0 aliphatic carbocycles. The summed E-state index contributed by atoms with van der Waals surface area (Å²) in [6.45, 7) is 3.28. The molecule has 0 fully saturated rings. The number of rotatable bonds is 6. The molecular formula is C23H20N4O8S2. The predicted molar refractivity (Wildman–Crippen MR) is 134 cm³/mol. The van der Waals surface area contributed by atoms with E-state index in [1.165, 1.54) is 59.3 Å². The lowest BCUT2D eigenvalue weighted by atomic mass is 10.1. The van der Waals surface area contributed by atoms with Crippen molar-refractivity contribution in [3.05, 3.63) is 77.5 Å². The highest BCUT2D eigenvalue weighted by Crippen LogP contribution is 2.28. The molecule has 1 aromatic heterocycles. The van der Waals surface area contributed by atoms with E-state index in [1.54, 1.807) is 13.8 Å². The summed E-state index contributed by atoms with van der Waals surface area (Å²) < 4.78 is 64.3. The largest absolute Gasteiger partial charge is 0.493 e. The van der Waals surface area contributed by atoms with Gasteiger partial charge in [-0.2, -0.15) is 32.0 Å². The van der Waals surface area contributed by atoms with Crippen LogP contribution >= 0.6 is 0 Å². The highest BCUT2D eigenvalue weighted by Gasteiger charge is 2.28. The first kappa shape index (κ1) is 26.0. The molecule has 1 aliphatic heterocycles. The Kier molecular flexibility index (Phi) is 6.60. The highest BCUT2D eigenvalue weighted by atomic mass is 32.2. The van der Waals surface area contributed by atoms with Crippen LogP contribution in [0.1, 0.15) is 18.2 Å². The third-order valence-electron chi connectivity index (χ3n) is 5.43.